The molecule has 0 radical (unpaired) electrons. The molecule has 2 heterocycles. The van der Waals surface area contributed by atoms with Gasteiger partial charge in [-0.15, -0.1) is 0 Å². The van der Waals surface area contributed by atoms with E-state index in [-0.39, 0.29) is 0 Å². The van der Waals surface area contributed by atoms with Gasteiger partial charge in [0.2, 0.25) is 0 Å². The van der Waals surface area contributed by atoms with Gasteiger partial charge in [0.05, 0.1) is 0 Å². The quantitative estimate of drug-likeness (QED) is 0.918. The van der Waals surface area contributed by atoms with E-state index < -0.39 is 0 Å². The van der Waals surface area contributed by atoms with Crippen LogP contribution in [0.4, 0.5) is 5.69 Å². The fourth-order valence-corrected chi connectivity index (χ4v) is 3.76. The van der Waals surface area contributed by atoms with Gasteiger partial charge in [0.15, 0.2) is 0 Å². The summed E-state index contributed by atoms with van der Waals surface area (Å²) < 4.78 is 0. The Morgan fingerprint density at radius 1 is 1.35 bits per heavy atom. The molecule has 2 N–H and O–H groups in total. The standard InChI is InChI=1S/C17H27N3/c1-13-7-9-20(12-13)17(11-18)15-5-6-16-14(10-15)4-3-8-19(16)2/h5-6,10,13,17H,3-4,7-9,11-12,18H2,1-2H3. The zero-order valence-corrected chi connectivity index (χ0v) is 12.8. The molecule has 1 aromatic rings. The van der Waals surface area contributed by atoms with E-state index in [1.54, 1.807) is 0 Å². The Hall–Kier alpha value is -1.06. The average Bonchev–Trinajstić information content (AvgIpc) is 2.86. The minimum absolute atomic E-state index is 0.400. The van der Waals surface area contributed by atoms with E-state index in [0.717, 1.165) is 12.5 Å². The van der Waals surface area contributed by atoms with Crippen molar-refractivity contribution in [3.63, 3.8) is 0 Å². The fourth-order valence-electron chi connectivity index (χ4n) is 3.76. The smallest absolute Gasteiger partial charge is 0.0470 e. The molecule has 0 aliphatic carbocycles. The van der Waals surface area contributed by atoms with Gasteiger partial charge in [-0.1, -0.05) is 19.1 Å². The summed E-state index contributed by atoms with van der Waals surface area (Å²) in [7, 11) is 2.19. The SMILES string of the molecule is CC1CCN(C(CN)c2ccc3c(c2)CCCN3C)C1. The monoisotopic (exact) mass is 273 g/mol. The molecule has 3 rings (SSSR count). The molecule has 2 aliphatic rings. The number of rotatable bonds is 3. The van der Waals surface area contributed by atoms with Crippen molar-refractivity contribution >= 4 is 5.69 Å². The number of likely N-dealkylation sites (tertiary alicyclic amines) is 1. The van der Waals surface area contributed by atoms with E-state index in [4.69, 9.17) is 5.73 Å². The second-order valence-corrected chi connectivity index (χ2v) is 6.55. The third-order valence-corrected chi connectivity index (χ3v) is 4.96. The highest BCUT2D eigenvalue weighted by molar-refractivity contribution is 5.56. The van der Waals surface area contributed by atoms with Crippen LogP contribution in [0.5, 0.6) is 0 Å². The van der Waals surface area contributed by atoms with E-state index in [9.17, 15) is 0 Å². The lowest BCUT2D eigenvalue weighted by atomic mass is 9.96. The van der Waals surface area contributed by atoms with Crippen LogP contribution in [0, 0.1) is 5.92 Å². The first-order valence-corrected chi connectivity index (χ1v) is 7.97. The van der Waals surface area contributed by atoms with Crippen LogP contribution >= 0.6 is 0 Å². The maximum absolute atomic E-state index is 6.08. The Labute approximate surface area is 122 Å². The van der Waals surface area contributed by atoms with E-state index in [1.807, 2.05) is 0 Å². The van der Waals surface area contributed by atoms with Gasteiger partial charge in [-0.25, -0.2) is 0 Å². The zero-order valence-electron chi connectivity index (χ0n) is 12.8. The van der Waals surface area contributed by atoms with E-state index in [2.05, 4.69) is 42.0 Å². The van der Waals surface area contributed by atoms with Crippen LogP contribution in [-0.4, -0.2) is 38.1 Å². The van der Waals surface area contributed by atoms with Crippen LogP contribution in [0.15, 0.2) is 18.2 Å². The molecule has 2 atom stereocenters. The third kappa shape index (κ3) is 2.57. The second-order valence-electron chi connectivity index (χ2n) is 6.55. The second kappa shape index (κ2) is 5.74. The molecule has 0 amide bonds. The lowest BCUT2D eigenvalue weighted by Crippen LogP contribution is -2.32. The van der Waals surface area contributed by atoms with Crippen LogP contribution in [0.3, 0.4) is 0 Å². The fraction of sp³-hybridized carbons (Fsp3) is 0.647. The Bertz CT molecular complexity index is 471. The number of hydrogen-bond donors (Lipinski definition) is 1. The average molecular weight is 273 g/mol. The molecule has 2 aliphatic heterocycles. The lowest BCUT2D eigenvalue weighted by molar-refractivity contribution is 0.243. The van der Waals surface area contributed by atoms with Crippen molar-refractivity contribution in [1.82, 2.24) is 4.90 Å². The summed E-state index contributed by atoms with van der Waals surface area (Å²) in [5, 5.41) is 0. The molecule has 3 heteroatoms. The summed E-state index contributed by atoms with van der Waals surface area (Å²) in [6.45, 7) is 6.63. The van der Waals surface area contributed by atoms with Gasteiger partial charge in [0.1, 0.15) is 0 Å². The summed E-state index contributed by atoms with van der Waals surface area (Å²) in [4.78, 5) is 4.94. The van der Waals surface area contributed by atoms with Gasteiger partial charge in [-0.2, -0.15) is 0 Å². The first kappa shape index (κ1) is 13.9. The maximum Gasteiger partial charge on any atom is 0.0470 e. The summed E-state index contributed by atoms with van der Waals surface area (Å²) in [6, 6.07) is 7.40. The van der Waals surface area contributed by atoms with Crippen LogP contribution in [0.25, 0.3) is 0 Å². The summed E-state index contributed by atoms with van der Waals surface area (Å²) in [6.07, 6.45) is 3.78. The highest BCUT2D eigenvalue weighted by atomic mass is 15.2. The summed E-state index contributed by atoms with van der Waals surface area (Å²) in [5.41, 5.74) is 10.4. The highest BCUT2D eigenvalue weighted by Crippen LogP contribution is 2.32. The molecule has 0 bridgehead atoms. The molecule has 2 unspecified atom stereocenters. The lowest BCUT2D eigenvalue weighted by Gasteiger charge is -2.31. The normalized spacial score (nSPS) is 24.8. The van der Waals surface area contributed by atoms with Crippen molar-refractivity contribution < 1.29 is 0 Å². The molecular formula is C17H27N3. The van der Waals surface area contributed by atoms with Gasteiger partial charge in [0.25, 0.3) is 0 Å². The molecule has 0 saturated carbocycles. The topological polar surface area (TPSA) is 32.5 Å². The summed E-state index contributed by atoms with van der Waals surface area (Å²) in [5.74, 6) is 0.813. The van der Waals surface area contributed by atoms with Gasteiger partial charge in [0, 0.05) is 38.4 Å². The van der Waals surface area contributed by atoms with Gasteiger partial charge in [-0.05, 0) is 48.9 Å². The van der Waals surface area contributed by atoms with Crippen molar-refractivity contribution in [2.24, 2.45) is 11.7 Å². The molecule has 110 valence electrons. The number of benzene rings is 1. The molecular weight excluding hydrogens is 246 g/mol. The van der Waals surface area contributed by atoms with Crippen molar-refractivity contribution in [2.45, 2.75) is 32.2 Å². The zero-order chi connectivity index (χ0) is 14.1. The highest BCUT2D eigenvalue weighted by Gasteiger charge is 2.27. The number of fused-ring (bicyclic) bond motifs is 1. The van der Waals surface area contributed by atoms with E-state index >= 15 is 0 Å². The minimum atomic E-state index is 0.400. The maximum atomic E-state index is 6.08. The van der Waals surface area contributed by atoms with E-state index in [1.165, 1.54) is 55.7 Å². The number of nitrogens with zero attached hydrogens (tertiary/aromatic N) is 2. The first-order valence-electron chi connectivity index (χ1n) is 7.97. The van der Waals surface area contributed by atoms with Gasteiger partial charge in [-0.3, -0.25) is 4.90 Å². The van der Waals surface area contributed by atoms with Crippen molar-refractivity contribution in [2.75, 3.05) is 38.1 Å². The Morgan fingerprint density at radius 2 is 2.20 bits per heavy atom. The predicted molar refractivity (Wildman–Crippen MR) is 85.2 cm³/mol. The first-order chi connectivity index (χ1) is 9.69. The minimum Gasteiger partial charge on any atom is -0.374 e. The molecule has 20 heavy (non-hydrogen) atoms. The van der Waals surface area contributed by atoms with Gasteiger partial charge >= 0.3 is 0 Å². The molecule has 1 aromatic carbocycles. The Kier molecular flexibility index (Phi) is 3.99. The Balaban J connectivity index is 1.85. The van der Waals surface area contributed by atoms with Crippen LogP contribution in [0.2, 0.25) is 0 Å². The van der Waals surface area contributed by atoms with Crippen molar-refractivity contribution in [3.05, 3.63) is 29.3 Å². The largest absolute Gasteiger partial charge is 0.374 e. The summed E-state index contributed by atoms with van der Waals surface area (Å²) >= 11 is 0. The van der Waals surface area contributed by atoms with Gasteiger partial charge < -0.3 is 10.6 Å². The third-order valence-electron chi connectivity index (χ3n) is 4.96. The Morgan fingerprint density at radius 3 is 2.90 bits per heavy atom. The number of anilines is 1. The van der Waals surface area contributed by atoms with Crippen molar-refractivity contribution in [3.8, 4) is 0 Å². The van der Waals surface area contributed by atoms with Crippen LogP contribution in [0.1, 0.15) is 36.9 Å². The van der Waals surface area contributed by atoms with Crippen molar-refractivity contribution in [1.29, 1.82) is 0 Å². The molecule has 1 saturated heterocycles. The van der Waals surface area contributed by atoms with Crippen LogP contribution < -0.4 is 10.6 Å². The molecule has 0 spiro atoms. The predicted octanol–water partition coefficient (Wildman–Crippen LogP) is 2.41. The molecule has 1 fully saturated rings. The molecule has 0 aromatic heterocycles. The molecule has 3 nitrogen and oxygen atoms in total. The number of hydrogen-bond acceptors (Lipinski definition) is 3. The number of nitrogens with two attached hydrogens (primary N) is 1. The number of aryl methyl sites for hydroxylation is 1. The van der Waals surface area contributed by atoms with E-state index in [0.29, 0.717) is 6.04 Å². The van der Waals surface area contributed by atoms with Crippen LogP contribution in [-0.2, 0) is 6.42 Å².